The number of aliphatic hydroxyl groups is 1. The largest absolute Gasteiger partial charge is 0.490 e. The maximum absolute atomic E-state index is 12.4. The van der Waals surface area contributed by atoms with E-state index in [9.17, 15) is 9.90 Å². The number of para-hydroxylation sites is 2. The van der Waals surface area contributed by atoms with Crippen LogP contribution < -0.4 is 10.4 Å². The third-order valence-corrected chi connectivity index (χ3v) is 6.19. The van der Waals surface area contributed by atoms with E-state index in [4.69, 9.17) is 10.00 Å². The lowest BCUT2D eigenvalue weighted by Gasteiger charge is -2.33. The Morgan fingerprint density at radius 3 is 2.72 bits per heavy atom. The van der Waals surface area contributed by atoms with Gasteiger partial charge in [-0.2, -0.15) is 5.26 Å². The van der Waals surface area contributed by atoms with Gasteiger partial charge in [-0.15, -0.1) is 0 Å². The zero-order valence-corrected chi connectivity index (χ0v) is 17.6. The molecule has 0 spiro atoms. The van der Waals surface area contributed by atoms with Gasteiger partial charge in [0.2, 0.25) is 0 Å². The number of piperidine rings is 1. The minimum absolute atomic E-state index is 0.0587. The Bertz CT molecular complexity index is 1340. The molecule has 8 nitrogen and oxygen atoms in total. The molecular formula is C24H25N5O3. The summed E-state index contributed by atoms with van der Waals surface area (Å²) in [5, 5.41) is 20.5. The van der Waals surface area contributed by atoms with Crippen LogP contribution in [-0.2, 0) is 0 Å². The van der Waals surface area contributed by atoms with Crippen LogP contribution in [0.1, 0.15) is 24.6 Å². The molecule has 1 atom stereocenters. The molecule has 1 fully saturated rings. The van der Waals surface area contributed by atoms with E-state index in [2.05, 4.69) is 20.9 Å². The van der Waals surface area contributed by atoms with Gasteiger partial charge in [0.1, 0.15) is 30.2 Å². The summed E-state index contributed by atoms with van der Waals surface area (Å²) >= 11 is 0. The van der Waals surface area contributed by atoms with Gasteiger partial charge in [0.15, 0.2) is 0 Å². The van der Waals surface area contributed by atoms with Crippen molar-refractivity contribution in [2.75, 3.05) is 26.2 Å². The number of nitrogens with one attached hydrogen (secondary N) is 2. The molecule has 0 amide bonds. The molecule has 3 heterocycles. The number of ether oxygens (including phenoxy) is 1. The average Bonchev–Trinajstić information content (AvgIpc) is 3.38. The second-order valence-corrected chi connectivity index (χ2v) is 8.33. The molecule has 0 bridgehead atoms. The number of likely N-dealkylation sites (tertiary alicyclic amines) is 1. The fourth-order valence-corrected chi connectivity index (χ4v) is 4.65. The smallest absolute Gasteiger partial charge is 0.326 e. The first-order valence-electron chi connectivity index (χ1n) is 10.9. The maximum atomic E-state index is 12.4. The fraction of sp³-hybridized carbons (Fsp3) is 0.333. The third kappa shape index (κ3) is 3.88. The van der Waals surface area contributed by atoms with Crippen LogP contribution in [0, 0.1) is 11.3 Å². The lowest BCUT2D eigenvalue weighted by molar-refractivity contribution is 0.0564. The number of benzene rings is 2. The highest BCUT2D eigenvalue weighted by atomic mass is 16.5. The van der Waals surface area contributed by atoms with Crippen LogP contribution in [0.4, 0.5) is 0 Å². The van der Waals surface area contributed by atoms with Crippen LogP contribution in [0.15, 0.2) is 53.3 Å². The highest BCUT2D eigenvalue weighted by Gasteiger charge is 2.25. The molecule has 2 aromatic carbocycles. The first-order valence-corrected chi connectivity index (χ1v) is 10.9. The van der Waals surface area contributed by atoms with E-state index in [0.717, 1.165) is 47.9 Å². The predicted molar refractivity (Wildman–Crippen MR) is 122 cm³/mol. The number of nitriles is 1. The SMILES string of the molecule is N#Cc1cc2c(OCC(O)CN3CCC(n4c(=O)[nH]c5ccccc54)CC3)cccc2[nH]1. The van der Waals surface area contributed by atoms with Gasteiger partial charge in [-0.25, -0.2) is 4.79 Å². The molecule has 2 aromatic heterocycles. The molecular weight excluding hydrogens is 406 g/mol. The van der Waals surface area contributed by atoms with Gasteiger partial charge in [0.25, 0.3) is 0 Å². The van der Waals surface area contributed by atoms with E-state index in [0.29, 0.717) is 18.0 Å². The number of β-amino-alcohol motifs (C(OH)–C–C–N with tert-alkyl or cyclic N) is 1. The summed E-state index contributed by atoms with van der Waals surface area (Å²) in [7, 11) is 0. The second-order valence-electron chi connectivity index (χ2n) is 8.33. The number of nitrogens with zero attached hydrogens (tertiary/aromatic N) is 3. The van der Waals surface area contributed by atoms with Crippen molar-refractivity contribution in [2.24, 2.45) is 0 Å². The quantitative estimate of drug-likeness (QED) is 0.435. The number of H-pyrrole nitrogens is 2. The Balaban J connectivity index is 1.17. The number of aromatic amines is 2. The van der Waals surface area contributed by atoms with Crippen molar-refractivity contribution in [3.63, 3.8) is 0 Å². The van der Waals surface area contributed by atoms with E-state index in [1.807, 2.05) is 47.0 Å². The van der Waals surface area contributed by atoms with Crippen molar-refractivity contribution in [2.45, 2.75) is 25.0 Å². The number of fused-ring (bicyclic) bond motifs is 2. The van der Waals surface area contributed by atoms with E-state index in [1.54, 1.807) is 6.07 Å². The zero-order valence-electron chi connectivity index (χ0n) is 17.6. The topological polar surface area (TPSA) is 110 Å². The van der Waals surface area contributed by atoms with Crippen LogP contribution >= 0.6 is 0 Å². The van der Waals surface area contributed by atoms with Gasteiger partial charge in [0, 0.05) is 31.1 Å². The lowest BCUT2D eigenvalue weighted by atomic mass is 10.0. The summed E-state index contributed by atoms with van der Waals surface area (Å²) in [4.78, 5) is 20.6. The first kappa shape index (κ1) is 20.4. The van der Waals surface area contributed by atoms with Crippen LogP contribution in [0.25, 0.3) is 21.9 Å². The molecule has 32 heavy (non-hydrogen) atoms. The molecule has 1 aliphatic rings. The number of hydrogen-bond acceptors (Lipinski definition) is 5. The van der Waals surface area contributed by atoms with Crippen LogP contribution in [0.2, 0.25) is 0 Å². The van der Waals surface area contributed by atoms with Crippen LogP contribution in [0.3, 0.4) is 0 Å². The summed E-state index contributed by atoms with van der Waals surface area (Å²) in [5.41, 5.74) is 3.07. The van der Waals surface area contributed by atoms with Crippen molar-refractivity contribution < 1.29 is 9.84 Å². The minimum atomic E-state index is -0.632. The molecule has 5 rings (SSSR count). The monoisotopic (exact) mass is 431 g/mol. The van der Waals surface area contributed by atoms with Crippen molar-refractivity contribution in [3.8, 4) is 11.8 Å². The van der Waals surface area contributed by atoms with Gasteiger partial charge in [-0.05, 0) is 43.2 Å². The molecule has 4 aromatic rings. The van der Waals surface area contributed by atoms with Gasteiger partial charge in [0.05, 0.1) is 16.6 Å². The van der Waals surface area contributed by atoms with Crippen LogP contribution in [-0.4, -0.2) is 56.9 Å². The van der Waals surface area contributed by atoms with E-state index < -0.39 is 6.10 Å². The second kappa shape index (κ2) is 8.54. The number of aliphatic hydroxyl groups excluding tert-OH is 1. The van der Waals surface area contributed by atoms with Crippen molar-refractivity contribution in [3.05, 3.63) is 64.7 Å². The molecule has 1 unspecified atom stereocenters. The number of hydrogen-bond donors (Lipinski definition) is 3. The summed E-state index contributed by atoms with van der Waals surface area (Å²) < 4.78 is 7.74. The van der Waals surface area contributed by atoms with E-state index in [-0.39, 0.29) is 18.3 Å². The molecule has 1 aliphatic heterocycles. The number of aromatic nitrogens is 3. The Kier molecular flexibility index (Phi) is 5.43. The molecule has 164 valence electrons. The molecule has 0 radical (unpaired) electrons. The van der Waals surface area contributed by atoms with Crippen molar-refractivity contribution in [1.82, 2.24) is 19.4 Å². The van der Waals surface area contributed by atoms with Crippen molar-refractivity contribution in [1.29, 1.82) is 5.26 Å². The minimum Gasteiger partial charge on any atom is -0.490 e. The molecule has 1 saturated heterocycles. The highest BCUT2D eigenvalue weighted by molar-refractivity contribution is 5.87. The molecule has 8 heteroatoms. The van der Waals surface area contributed by atoms with Crippen molar-refractivity contribution >= 4 is 21.9 Å². The lowest BCUT2D eigenvalue weighted by Crippen LogP contribution is -2.42. The summed E-state index contributed by atoms with van der Waals surface area (Å²) in [5.74, 6) is 0.650. The Labute approximate surface area is 184 Å². The third-order valence-electron chi connectivity index (χ3n) is 6.19. The standard InChI is InChI=1S/C24H25N5O3/c25-13-16-12-19-20(26-16)5-3-7-23(19)32-15-18(30)14-28-10-8-17(9-11-28)29-22-6-2-1-4-21(22)27-24(29)31/h1-7,12,17-18,26,30H,8-11,14-15H2,(H,27,31). The maximum Gasteiger partial charge on any atom is 0.326 e. The number of rotatable bonds is 6. The molecule has 0 aliphatic carbocycles. The molecule has 3 N–H and O–H groups in total. The van der Waals surface area contributed by atoms with E-state index in [1.165, 1.54) is 0 Å². The highest BCUT2D eigenvalue weighted by Crippen LogP contribution is 2.27. The normalized spacial score (nSPS) is 16.4. The van der Waals surface area contributed by atoms with E-state index >= 15 is 0 Å². The van der Waals surface area contributed by atoms with Gasteiger partial charge in [-0.1, -0.05) is 18.2 Å². The number of imidazole rings is 1. The fourth-order valence-electron chi connectivity index (χ4n) is 4.65. The summed E-state index contributed by atoms with van der Waals surface area (Å²) in [6.07, 6.45) is 1.08. The first-order chi connectivity index (χ1) is 15.6. The Morgan fingerprint density at radius 2 is 1.91 bits per heavy atom. The summed E-state index contributed by atoms with van der Waals surface area (Å²) in [6.45, 7) is 2.31. The Hall–Kier alpha value is -3.54. The predicted octanol–water partition coefficient (Wildman–Crippen LogP) is 2.76. The Morgan fingerprint density at radius 1 is 1.12 bits per heavy atom. The molecule has 0 saturated carbocycles. The average molecular weight is 431 g/mol. The zero-order chi connectivity index (χ0) is 22.1. The van der Waals surface area contributed by atoms with Crippen LogP contribution in [0.5, 0.6) is 5.75 Å². The summed E-state index contributed by atoms with van der Waals surface area (Å²) in [6, 6.07) is 17.4. The van der Waals surface area contributed by atoms with Gasteiger partial charge < -0.3 is 24.7 Å². The van der Waals surface area contributed by atoms with Gasteiger partial charge >= 0.3 is 5.69 Å². The van der Waals surface area contributed by atoms with Gasteiger partial charge in [-0.3, -0.25) is 4.57 Å².